The molecule has 0 spiro atoms. The fourth-order valence-electron chi connectivity index (χ4n) is 2.20. The first-order valence-electron chi connectivity index (χ1n) is 6.42. The number of hydrogen-bond acceptors (Lipinski definition) is 3. The van der Waals surface area contributed by atoms with E-state index in [1.165, 1.54) is 6.20 Å². The number of amides is 2. The Labute approximate surface area is 117 Å². The molecule has 0 saturated heterocycles. The van der Waals surface area contributed by atoms with Gasteiger partial charge in [-0.1, -0.05) is 11.6 Å². The van der Waals surface area contributed by atoms with Crippen molar-refractivity contribution in [1.82, 2.24) is 10.3 Å². The highest BCUT2D eigenvalue weighted by Gasteiger charge is 2.20. The first kappa shape index (κ1) is 14.1. The zero-order valence-corrected chi connectivity index (χ0v) is 11.6. The van der Waals surface area contributed by atoms with Crippen molar-refractivity contribution in [3.8, 4) is 0 Å². The van der Waals surface area contributed by atoms with Crippen molar-refractivity contribution in [2.45, 2.75) is 44.8 Å². The van der Waals surface area contributed by atoms with Gasteiger partial charge in [0.2, 0.25) is 0 Å². The molecule has 104 valence electrons. The minimum absolute atomic E-state index is 0.129. The Morgan fingerprint density at radius 3 is 2.74 bits per heavy atom. The third-order valence-corrected chi connectivity index (χ3v) is 3.70. The maximum atomic E-state index is 11.8. The van der Waals surface area contributed by atoms with Crippen molar-refractivity contribution in [1.29, 1.82) is 0 Å². The Bertz CT molecular complexity index is 459. The molecule has 2 amide bonds. The summed E-state index contributed by atoms with van der Waals surface area (Å²) in [5.41, 5.74) is 1.44. The quantitative estimate of drug-likeness (QED) is 0.730. The lowest BCUT2D eigenvalue weighted by atomic mass is 9.93. The normalized spacial score (nSPS) is 22.9. The van der Waals surface area contributed by atoms with Gasteiger partial charge in [0.05, 0.1) is 18.0 Å². The van der Waals surface area contributed by atoms with E-state index in [1.54, 1.807) is 6.07 Å². The molecule has 1 heterocycles. The van der Waals surface area contributed by atoms with Gasteiger partial charge in [0.25, 0.3) is 0 Å². The highest BCUT2D eigenvalue weighted by molar-refractivity contribution is 6.30. The minimum atomic E-state index is -0.245. The summed E-state index contributed by atoms with van der Waals surface area (Å²) in [6.45, 7) is 1.83. The molecule has 1 fully saturated rings. The van der Waals surface area contributed by atoms with Crippen LogP contribution in [-0.2, 0) is 0 Å². The average Bonchev–Trinajstić information content (AvgIpc) is 2.37. The first-order valence-corrected chi connectivity index (χ1v) is 6.80. The first-order chi connectivity index (χ1) is 9.04. The third-order valence-electron chi connectivity index (χ3n) is 3.30. The molecule has 1 aliphatic rings. The molecule has 0 aliphatic heterocycles. The van der Waals surface area contributed by atoms with Crippen molar-refractivity contribution in [3.63, 3.8) is 0 Å². The van der Waals surface area contributed by atoms with Crippen LogP contribution in [-0.4, -0.2) is 28.3 Å². The van der Waals surface area contributed by atoms with Crippen molar-refractivity contribution < 1.29 is 9.90 Å². The number of halogens is 1. The third kappa shape index (κ3) is 4.08. The van der Waals surface area contributed by atoms with Crippen molar-refractivity contribution in [2.24, 2.45) is 0 Å². The Morgan fingerprint density at radius 1 is 1.42 bits per heavy atom. The van der Waals surface area contributed by atoms with E-state index >= 15 is 0 Å². The molecular formula is C13H18ClN3O2. The van der Waals surface area contributed by atoms with Gasteiger partial charge in [0, 0.05) is 6.04 Å². The molecule has 1 aromatic rings. The van der Waals surface area contributed by atoms with E-state index in [2.05, 4.69) is 15.6 Å². The molecule has 0 bridgehead atoms. The molecule has 1 aromatic heterocycles. The fourth-order valence-corrected chi connectivity index (χ4v) is 2.30. The number of anilines is 1. The zero-order chi connectivity index (χ0) is 13.8. The van der Waals surface area contributed by atoms with Crippen molar-refractivity contribution in [2.75, 3.05) is 5.32 Å². The molecule has 0 atom stereocenters. The number of aliphatic hydroxyl groups is 1. The number of aliphatic hydroxyl groups excluding tert-OH is 1. The van der Waals surface area contributed by atoms with Gasteiger partial charge in [-0.3, -0.25) is 0 Å². The summed E-state index contributed by atoms with van der Waals surface area (Å²) in [5, 5.41) is 15.5. The van der Waals surface area contributed by atoms with Gasteiger partial charge in [-0.05, 0) is 44.2 Å². The molecule has 19 heavy (non-hydrogen) atoms. The van der Waals surface area contributed by atoms with E-state index in [-0.39, 0.29) is 18.2 Å². The Balaban J connectivity index is 1.85. The van der Waals surface area contributed by atoms with E-state index in [1.807, 2.05) is 6.92 Å². The predicted molar refractivity (Wildman–Crippen MR) is 74.4 cm³/mol. The molecule has 2 rings (SSSR count). The van der Waals surface area contributed by atoms with Crippen LogP contribution in [0, 0.1) is 6.92 Å². The molecule has 6 heteroatoms. The minimum Gasteiger partial charge on any atom is -0.393 e. The highest BCUT2D eigenvalue weighted by atomic mass is 35.5. The summed E-state index contributed by atoms with van der Waals surface area (Å²) in [5.74, 6) is 0. The summed E-state index contributed by atoms with van der Waals surface area (Å²) in [6, 6.07) is 1.66. The summed E-state index contributed by atoms with van der Waals surface area (Å²) >= 11 is 5.82. The van der Waals surface area contributed by atoms with Gasteiger partial charge >= 0.3 is 6.03 Å². The van der Waals surface area contributed by atoms with Crippen LogP contribution in [0.2, 0.25) is 5.15 Å². The topological polar surface area (TPSA) is 74.2 Å². The SMILES string of the molecule is Cc1cc(NC(=O)NC2CCC(O)CC2)cnc1Cl. The number of aryl methyl sites for hydroxylation is 1. The van der Waals surface area contributed by atoms with E-state index < -0.39 is 0 Å². The van der Waals surface area contributed by atoms with Gasteiger partial charge in [0.15, 0.2) is 0 Å². The van der Waals surface area contributed by atoms with Crippen molar-refractivity contribution >= 4 is 23.3 Å². The molecule has 0 aromatic carbocycles. The van der Waals surface area contributed by atoms with Crippen LogP contribution in [0.3, 0.4) is 0 Å². The predicted octanol–water partition coefficient (Wildman–Crippen LogP) is 2.47. The van der Waals surface area contributed by atoms with Gasteiger partial charge in [0.1, 0.15) is 5.15 Å². The average molecular weight is 284 g/mol. The Morgan fingerprint density at radius 2 is 2.11 bits per heavy atom. The van der Waals surface area contributed by atoms with Crippen LogP contribution in [0.25, 0.3) is 0 Å². The lowest BCUT2D eigenvalue weighted by Crippen LogP contribution is -2.40. The number of pyridine rings is 1. The maximum absolute atomic E-state index is 11.8. The number of nitrogens with one attached hydrogen (secondary N) is 2. The standard InChI is InChI=1S/C13H18ClN3O2/c1-8-6-10(7-15-12(8)14)17-13(19)16-9-2-4-11(18)5-3-9/h6-7,9,11,18H,2-5H2,1H3,(H2,16,17,19). The second-order valence-corrected chi connectivity index (χ2v) is 5.29. The molecule has 5 nitrogen and oxygen atoms in total. The lowest BCUT2D eigenvalue weighted by Gasteiger charge is -2.26. The number of aromatic nitrogens is 1. The van der Waals surface area contributed by atoms with Gasteiger partial charge in [-0.2, -0.15) is 0 Å². The molecular weight excluding hydrogens is 266 g/mol. The summed E-state index contributed by atoms with van der Waals surface area (Å²) in [4.78, 5) is 15.8. The Hall–Kier alpha value is -1.33. The van der Waals surface area contributed by atoms with Crippen LogP contribution in [0.1, 0.15) is 31.2 Å². The van der Waals surface area contributed by atoms with E-state index in [0.29, 0.717) is 10.8 Å². The second kappa shape index (κ2) is 6.21. The molecule has 3 N–H and O–H groups in total. The van der Waals surface area contributed by atoms with Gasteiger partial charge in [-0.25, -0.2) is 9.78 Å². The van der Waals surface area contributed by atoms with Gasteiger partial charge in [-0.15, -0.1) is 0 Å². The molecule has 1 saturated carbocycles. The van der Waals surface area contributed by atoms with Crippen LogP contribution >= 0.6 is 11.6 Å². The zero-order valence-electron chi connectivity index (χ0n) is 10.8. The van der Waals surface area contributed by atoms with E-state index in [4.69, 9.17) is 11.6 Å². The second-order valence-electron chi connectivity index (χ2n) is 4.94. The number of rotatable bonds is 2. The molecule has 0 unspecified atom stereocenters. The largest absolute Gasteiger partial charge is 0.393 e. The molecule has 0 radical (unpaired) electrons. The van der Waals surface area contributed by atoms with Crippen molar-refractivity contribution in [3.05, 3.63) is 23.0 Å². The summed E-state index contributed by atoms with van der Waals surface area (Å²) in [6.07, 6.45) is 4.42. The van der Waals surface area contributed by atoms with Gasteiger partial charge < -0.3 is 15.7 Å². The monoisotopic (exact) mass is 283 g/mol. The number of carbonyl (C=O) groups excluding carboxylic acids is 1. The van der Waals surface area contributed by atoms with E-state index in [0.717, 1.165) is 31.2 Å². The number of nitrogens with zero attached hydrogens (tertiary/aromatic N) is 1. The summed E-state index contributed by atoms with van der Waals surface area (Å²) < 4.78 is 0. The van der Waals surface area contributed by atoms with Crippen LogP contribution in [0.15, 0.2) is 12.3 Å². The fraction of sp³-hybridized carbons (Fsp3) is 0.538. The Kier molecular flexibility index (Phi) is 4.61. The number of carbonyl (C=O) groups is 1. The number of urea groups is 1. The highest BCUT2D eigenvalue weighted by Crippen LogP contribution is 2.19. The number of hydrogen-bond donors (Lipinski definition) is 3. The van der Waals surface area contributed by atoms with Crippen LogP contribution in [0.4, 0.5) is 10.5 Å². The molecule has 1 aliphatic carbocycles. The maximum Gasteiger partial charge on any atom is 0.319 e. The smallest absolute Gasteiger partial charge is 0.319 e. The van der Waals surface area contributed by atoms with E-state index in [9.17, 15) is 9.90 Å². The lowest BCUT2D eigenvalue weighted by molar-refractivity contribution is 0.118. The van der Waals surface area contributed by atoms with Crippen LogP contribution in [0.5, 0.6) is 0 Å². The van der Waals surface area contributed by atoms with Crippen LogP contribution < -0.4 is 10.6 Å². The summed E-state index contributed by atoms with van der Waals surface area (Å²) in [7, 11) is 0.